The first-order valence-electron chi connectivity index (χ1n) is 11.2. The van der Waals surface area contributed by atoms with Crippen molar-refractivity contribution in [1.82, 2.24) is 5.32 Å². The standard InChI is InChI=1S/C28H32N2OS2/c1-5-22-17-12-18-24(28(2,3)4)26(22)30-27(32)29-19-25(23-15-10-7-11-16-23)33(31)20-21-13-8-6-9-14-21/h6-19H,5,20H2,1-4H3,(H2,29,30,32)/b25-19+/t33-/m1/s1. The Kier molecular flexibility index (Phi) is 8.59. The summed E-state index contributed by atoms with van der Waals surface area (Å²) in [5.74, 6) is 0.441. The van der Waals surface area contributed by atoms with Crippen molar-refractivity contribution in [3.63, 3.8) is 0 Å². The summed E-state index contributed by atoms with van der Waals surface area (Å²) in [4.78, 5) is 0.712. The number of hydrogen-bond donors (Lipinski definition) is 2. The van der Waals surface area contributed by atoms with Crippen LogP contribution in [0.25, 0.3) is 4.91 Å². The number of anilines is 1. The van der Waals surface area contributed by atoms with Gasteiger partial charge in [0.1, 0.15) is 0 Å². The molecule has 0 fully saturated rings. The van der Waals surface area contributed by atoms with Gasteiger partial charge in [-0.15, -0.1) is 0 Å². The lowest BCUT2D eigenvalue weighted by atomic mass is 9.84. The molecule has 33 heavy (non-hydrogen) atoms. The predicted molar refractivity (Wildman–Crippen MR) is 147 cm³/mol. The van der Waals surface area contributed by atoms with Gasteiger partial charge in [0.25, 0.3) is 0 Å². The minimum Gasteiger partial charge on any atom is -0.338 e. The van der Waals surface area contributed by atoms with Crippen LogP contribution in [0.3, 0.4) is 0 Å². The first-order valence-corrected chi connectivity index (χ1v) is 12.9. The van der Waals surface area contributed by atoms with Crippen LogP contribution in [-0.2, 0) is 28.4 Å². The van der Waals surface area contributed by atoms with E-state index in [4.69, 9.17) is 12.2 Å². The SMILES string of the molecule is CCc1cccc(C(C)(C)C)c1NC(=S)N/C=C(\c1ccccc1)[S@](=O)Cc1ccccc1. The van der Waals surface area contributed by atoms with E-state index < -0.39 is 10.8 Å². The van der Waals surface area contributed by atoms with E-state index in [0.29, 0.717) is 15.8 Å². The third-order valence-corrected chi connectivity index (χ3v) is 7.02. The van der Waals surface area contributed by atoms with Crippen molar-refractivity contribution < 1.29 is 4.21 Å². The Hall–Kier alpha value is -2.76. The molecule has 0 aliphatic heterocycles. The minimum atomic E-state index is -1.24. The van der Waals surface area contributed by atoms with E-state index in [2.05, 4.69) is 56.5 Å². The zero-order valence-electron chi connectivity index (χ0n) is 19.7. The lowest BCUT2D eigenvalue weighted by Gasteiger charge is -2.25. The molecule has 0 bridgehead atoms. The van der Waals surface area contributed by atoms with Crippen molar-refractivity contribution in [3.05, 3.63) is 107 Å². The zero-order chi connectivity index (χ0) is 23.8. The Bertz CT molecular complexity index is 1130. The largest absolute Gasteiger partial charge is 0.338 e. The van der Waals surface area contributed by atoms with Crippen molar-refractivity contribution in [2.75, 3.05) is 5.32 Å². The molecule has 3 aromatic rings. The molecule has 172 valence electrons. The van der Waals surface area contributed by atoms with Crippen LogP contribution in [0.2, 0.25) is 0 Å². The Balaban J connectivity index is 1.85. The van der Waals surface area contributed by atoms with Gasteiger partial charge in [0, 0.05) is 11.9 Å². The summed E-state index contributed by atoms with van der Waals surface area (Å²) in [5, 5.41) is 7.08. The molecule has 0 aliphatic carbocycles. The van der Waals surface area contributed by atoms with Gasteiger partial charge in [-0.2, -0.15) is 0 Å². The average molecular weight is 477 g/mol. The van der Waals surface area contributed by atoms with Crippen LogP contribution in [0.1, 0.15) is 49.9 Å². The van der Waals surface area contributed by atoms with Gasteiger partial charge in [0.2, 0.25) is 0 Å². The maximum absolute atomic E-state index is 13.3. The van der Waals surface area contributed by atoms with Crippen LogP contribution in [0, 0.1) is 0 Å². The fourth-order valence-electron chi connectivity index (χ4n) is 3.63. The fourth-order valence-corrected chi connectivity index (χ4v) is 5.04. The maximum atomic E-state index is 13.3. The quantitative estimate of drug-likeness (QED) is 0.369. The lowest BCUT2D eigenvalue weighted by Crippen LogP contribution is -2.27. The number of rotatable bonds is 7. The second-order valence-corrected chi connectivity index (χ2v) is 10.7. The number of aryl methyl sites for hydroxylation is 1. The molecule has 0 saturated carbocycles. The van der Waals surface area contributed by atoms with Crippen LogP contribution in [0.15, 0.2) is 85.1 Å². The third kappa shape index (κ3) is 6.86. The van der Waals surface area contributed by atoms with Crippen LogP contribution in [-0.4, -0.2) is 9.32 Å². The van der Waals surface area contributed by atoms with E-state index in [9.17, 15) is 4.21 Å². The average Bonchev–Trinajstić information content (AvgIpc) is 2.80. The third-order valence-electron chi connectivity index (χ3n) is 5.36. The number of nitrogens with one attached hydrogen (secondary N) is 2. The molecular weight excluding hydrogens is 444 g/mol. The molecule has 3 aromatic carbocycles. The fraction of sp³-hybridized carbons (Fsp3) is 0.250. The van der Waals surface area contributed by atoms with Gasteiger partial charge < -0.3 is 10.6 Å². The number of hydrogen-bond acceptors (Lipinski definition) is 2. The summed E-state index contributed by atoms with van der Waals surface area (Å²) >= 11 is 5.64. The van der Waals surface area contributed by atoms with Crippen molar-refractivity contribution in [3.8, 4) is 0 Å². The monoisotopic (exact) mass is 476 g/mol. The molecule has 0 saturated heterocycles. The normalized spacial score (nSPS) is 12.8. The van der Waals surface area contributed by atoms with Gasteiger partial charge in [-0.3, -0.25) is 4.21 Å². The zero-order valence-corrected chi connectivity index (χ0v) is 21.4. The van der Waals surface area contributed by atoms with Gasteiger partial charge in [-0.1, -0.05) is 107 Å². The summed E-state index contributed by atoms with van der Waals surface area (Å²) in [5.41, 5.74) is 5.39. The maximum Gasteiger partial charge on any atom is 0.174 e. The number of thiocarbonyl (C=S) groups is 1. The number of benzene rings is 3. The van der Waals surface area contributed by atoms with Gasteiger partial charge in [0.15, 0.2) is 5.11 Å². The Morgan fingerprint density at radius 3 is 2.18 bits per heavy atom. The highest BCUT2D eigenvalue weighted by Gasteiger charge is 2.20. The Labute approximate surface area is 205 Å². The molecule has 0 aliphatic rings. The molecule has 0 amide bonds. The van der Waals surface area contributed by atoms with Gasteiger partial charge in [-0.05, 0) is 46.3 Å². The van der Waals surface area contributed by atoms with Gasteiger partial charge in [-0.25, -0.2) is 0 Å². The molecule has 5 heteroatoms. The molecule has 1 atom stereocenters. The van der Waals surface area contributed by atoms with Crippen molar-refractivity contribution in [2.45, 2.75) is 45.3 Å². The van der Waals surface area contributed by atoms with Gasteiger partial charge >= 0.3 is 0 Å². The predicted octanol–water partition coefficient (Wildman–Crippen LogP) is 6.78. The number of para-hydroxylation sites is 1. The molecule has 0 radical (unpaired) electrons. The van der Waals surface area contributed by atoms with Crippen LogP contribution in [0.4, 0.5) is 5.69 Å². The minimum absolute atomic E-state index is 0.0225. The smallest absolute Gasteiger partial charge is 0.174 e. The first kappa shape index (κ1) is 24.9. The summed E-state index contributed by atoms with van der Waals surface area (Å²) in [6.45, 7) is 8.74. The summed E-state index contributed by atoms with van der Waals surface area (Å²) in [6, 6.07) is 26.1. The highest BCUT2D eigenvalue weighted by Crippen LogP contribution is 2.32. The van der Waals surface area contributed by atoms with Crippen molar-refractivity contribution in [1.29, 1.82) is 0 Å². The summed E-state index contributed by atoms with van der Waals surface area (Å²) in [7, 11) is -1.24. The highest BCUT2D eigenvalue weighted by molar-refractivity contribution is 7.93. The van der Waals surface area contributed by atoms with Crippen molar-refractivity contribution >= 4 is 38.7 Å². The van der Waals surface area contributed by atoms with Crippen molar-refractivity contribution in [2.24, 2.45) is 0 Å². The Morgan fingerprint density at radius 2 is 1.58 bits per heavy atom. The lowest BCUT2D eigenvalue weighted by molar-refractivity contribution is 0.591. The van der Waals surface area contributed by atoms with E-state index in [1.807, 2.05) is 60.7 Å². The second-order valence-electron chi connectivity index (χ2n) is 8.89. The van der Waals surface area contributed by atoms with E-state index in [1.165, 1.54) is 11.1 Å². The molecule has 0 aromatic heterocycles. The molecule has 3 nitrogen and oxygen atoms in total. The van der Waals surface area contributed by atoms with Crippen LogP contribution in [0.5, 0.6) is 0 Å². The van der Waals surface area contributed by atoms with E-state index >= 15 is 0 Å². The first-order chi connectivity index (χ1) is 15.8. The van der Waals surface area contributed by atoms with Crippen LogP contribution >= 0.6 is 12.2 Å². The summed E-state index contributed by atoms with van der Waals surface area (Å²) in [6.07, 6.45) is 2.68. The second kappa shape index (κ2) is 11.4. The molecule has 2 N–H and O–H groups in total. The van der Waals surface area contributed by atoms with E-state index in [0.717, 1.165) is 23.2 Å². The molecular formula is C28H32N2OS2. The molecule has 3 rings (SSSR count). The topological polar surface area (TPSA) is 41.1 Å². The van der Waals surface area contributed by atoms with Gasteiger partial charge in [0.05, 0.1) is 21.5 Å². The van der Waals surface area contributed by atoms with E-state index in [-0.39, 0.29) is 5.41 Å². The molecule has 0 heterocycles. The van der Waals surface area contributed by atoms with Crippen LogP contribution < -0.4 is 10.6 Å². The summed E-state index contributed by atoms with van der Waals surface area (Å²) < 4.78 is 13.3. The Morgan fingerprint density at radius 1 is 0.939 bits per heavy atom. The highest BCUT2D eigenvalue weighted by atomic mass is 32.2. The van der Waals surface area contributed by atoms with E-state index in [1.54, 1.807) is 6.20 Å². The molecule has 0 spiro atoms. The molecule has 0 unspecified atom stereocenters.